The average Bonchev–Trinajstić information content (AvgIpc) is 2.37. The van der Waals surface area contributed by atoms with Gasteiger partial charge < -0.3 is 4.90 Å². The van der Waals surface area contributed by atoms with Gasteiger partial charge in [0, 0.05) is 19.2 Å². The summed E-state index contributed by atoms with van der Waals surface area (Å²) in [6, 6.07) is 3.96. The van der Waals surface area contributed by atoms with E-state index >= 15 is 0 Å². The Labute approximate surface area is 107 Å². The van der Waals surface area contributed by atoms with Crippen LogP contribution in [0.2, 0.25) is 0 Å². The molecule has 0 N–H and O–H groups in total. The highest BCUT2D eigenvalue weighted by molar-refractivity contribution is 6.42. The first kappa shape index (κ1) is 14.4. The van der Waals surface area contributed by atoms with Gasteiger partial charge in [0.1, 0.15) is 5.82 Å². The summed E-state index contributed by atoms with van der Waals surface area (Å²) in [5.41, 5.74) is 0.604. The zero-order valence-corrected chi connectivity index (χ0v) is 11.0. The summed E-state index contributed by atoms with van der Waals surface area (Å²) in [4.78, 5) is 25.1. The zero-order chi connectivity index (χ0) is 13.7. The predicted molar refractivity (Wildman–Crippen MR) is 68.0 cm³/mol. The van der Waals surface area contributed by atoms with Crippen molar-refractivity contribution in [1.82, 2.24) is 4.90 Å². The van der Waals surface area contributed by atoms with Gasteiger partial charge in [0.05, 0.1) is 0 Å². The number of benzene rings is 1. The number of halogens is 1. The number of ketones is 1. The van der Waals surface area contributed by atoms with Gasteiger partial charge in [-0.05, 0) is 37.1 Å². The second-order valence-corrected chi connectivity index (χ2v) is 4.37. The summed E-state index contributed by atoms with van der Waals surface area (Å²) in [6.45, 7) is 4.14. The van der Waals surface area contributed by atoms with Crippen LogP contribution in [0.15, 0.2) is 18.2 Å². The van der Waals surface area contributed by atoms with Crippen molar-refractivity contribution in [2.24, 2.45) is 0 Å². The predicted octanol–water partition coefficient (Wildman–Crippen LogP) is 2.58. The van der Waals surface area contributed by atoms with E-state index in [-0.39, 0.29) is 11.4 Å². The summed E-state index contributed by atoms with van der Waals surface area (Å²) in [7, 11) is 1.60. The van der Waals surface area contributed by atoms with Gasteiger partial charge in [-0.2, -0.15) is 0 Å². The SMILES string of the molecule is CCCCN(C)C(=O)C(=O)c1ccc(F)c(C)c1. The second kappa shape index (κ2) is 6.28. The third kappa shape index (κ3) is 3.39. The molecule has 18 heavy (non-hydrogen) atoms. The second-order valence-electron chi connectivity index (χ2n) is 4.37. The van der Waals surface area contributed by atoms with E-state index in [0.29, 0.717) is 12.1 Å². The average molecular weight is 251 g/mol. The smallest absolute Gasteiger partial charge is 0.294 e. The van der Waals surface area contributed by atoms with Crippen LogP contribution in [-0.2, 0) is 4.79 Å². The molecule has 0 aliphatic heterocycles. The Hall–Kier alpha value is -1.71. The fourth-order valence-electron chi connectivity index (χ4n) is 1.58. The molecule has 0 aliphatic rings. The van der Waals surface area contributed by atoms with E-state index in [0.717, 1.165) is 12.8 Å². The minimum absolute atomic E-state index is 0.238. The molecule has 0 aliphatic carbocycles. The zero-order valence-electron chi connectivity index (χ0n) is 11.0. The van der Waals surface area contributed by atoms with E-state index in [1.807, 2.05) is 6.92 Å². The summed E-state index contributed by atoms with van der Waals surface area (Å²) in [6.07, 6.45) is 1.82. The first-order valence-electron chi connectivity index (χ1n) is 6.03. The van der Waals surface area contributed by atoms with Crippen molar-refractivity contribution in [2.45, 2.75) is 26.7 Å². The maximum Gasteiger partial charge on any atom is 0.294 e. The van der Waals surface area contributed by atoms with Crippen LogP contribution in [0.4, 0.5) is 4.39 Å². The molecule has 0 saturated carbocycles. The number of aryl methyl sites for hydroxylation is 1. The molecule has 0 bridgehead atoms. The molecular formula is C14H18FNO2. The molecule has 1 aromatic rings. The highest BCUT2D eigenvalue weighted by Crippen LogP contribution is 2.11. The van der Waals surface area contributed by atoms with Crippen LogP contribution in [0, 0.1) is 12.7 Å². The maximum atomic E-state index is 13.1. The lowest BCUT2D eigenvalue weighted by atomic mass is 10.1. The molecule has 0 radical (unpaired) electrons. The van der Waals surface area contributed by atoms with Crippen LogP contribution < -0.4 is 0 Å². The van der Waals surface area contributed by atoms with Crippen molar-refractivity contribution in [3.63, 3.8) is 0 Å². The van der Waals surface area contributed by atoms with Crippen molar-refractivity contribution >= 4 is 11.7 Å². The van der Waals surface area contributed by atoms with E-state index < -0.39 is 11.7 Å². The van der Waals surface area contributed by atoms with Gasteiger partial charge in [0.2, 0.25) is 5.78 Å². The summed E-state index contributed by atoms with van der Waals surface area (Å²) in [5, 5.41) is 0. The van der Waals surface area contributed by atoms with Crippen molar-refractivity contribution < 1.29 is 14.0 Å². The Morgan fingerprint density at radius 3 is 2.56 bits per heavy atom. The highest BCUT2D eigenvalue weighted by Gasteiger charge is 2.20. The molecule has 0 saturated heterocycles. The number of amides is 1. The molecule has 4 heteroatoms. The van der Waals surface area contributed by atoms with Gasteiger partial charge in [0.15, 0.2) is 0 Å². The molecule has 0 spiro atoms. The standard InChI is InChI=1S/C14H18FNO2/c1-4-5-8-16(3)14(18)13(17)11-6-7-12(15)10(2)9-11/h6-7,9H,4-5,8H2,1-3H3. The van der Waals surface area contributed by atoms with Crippen LogP contribution in [0.5, 0.6) is 0 Å². The first-order valence-corrected chi connectivity index (χ1v) is 6.03. The molecule has 0 unspecified atom stereocenters. The number of hydrogen-bond donors (Lipinski definition) is 0. The normalized spacial score (nSPS) is 10.2. The van der Waals surface area contributed by atoms with E-state index in [1.54, 1.807) is 14.0 Å². The number of carbonyl (C=O) groups is 2. The molecule has 0 atom stereocenters. The van der Waals surface area contributed by atoms with Crippen molar-refractivity contribution in [2.75, 3.05) is 13.6 Å². The summed E-state index contributed by atoms with van der Waals surface area (Å²) >= 11 is 0. The van der Waals surface area contributed by atoms with E-state index in [1.165, 1.54) is 23.1 Å². The lowest BCUT2D eigenvalue weighted by molar-refractivity contribution is -0.125. The van der Waals surface area contributed by atoms with E-state index in [2.05, 4.69) is 0 Å². The summed E-state index contributed by atoms with van der Waals surface area (Å²) in [5.74, 6) is -1.51. The number of unbranched alkanes of at least 4 members (excludes halogenated alkanes) is 1. The topological polar surface area (TPSA) is 37.4 Å². The lowest BCUT2D eigenvalue weighted by Crippen LogP contribution is -2.34. The Morgan fingerprint density at radius 1 is 1.33 bits per heavy atom. The fourth-order valence-corrected chi connectivity index (χ4v) is 1.58. The third-order valence-electron chi connectivity index (χ3n) is 2.81. The molecule has 98 valence electrons. The maximum absolute atomic E-state index is 13.1. The lowest BCUT2D eigenvalue weighted by Gasteiger charge is -2.15. The van der Waals surface area contributed by atoms with E-state index in [4.69, 9.17) is 0 Å². The number of nitrogens with zero attached hydrogens (tertiary/aromatic N) is 1. The van der Waals surface area contributed by atoms with Gasteiger partial charge in [-0.15, -0.1) is 0 Å². The number of likely N-dealkylation sites (N-methyl/N-ethyl adjacent to an activating group) is 1. The Bertz CT molecular complexity index is 457. The van der Waals surface area contributed by atoms with Gasteiger partial charge in [-0.1, -0.05) is 13.3 Å². The molecule has 1 aromatic carbocycles. The minimum Gasteiger partial charge on any atom is -0.339 e. The van der Waals surface area contributed by atoms with E-state index in [9.17, 15) is 14.0 Å². The number of hydrogen-bond acceptors (Lipinski definition) is 2. The van der Waals surface area contributed by atoms with Gasteiger partial charge in [-0.25, -0.2) is 4.39 Å². The van der Waals surface area contributed by atoms with Gasteiger partial charge in [-0.3, -0.25) is 9.59 Å². The summed E-state index contributed by atoms with van der Waals surface area (Å²) < 4.78 is 13.1. The molecule has 0 fully saturated rings. The fraction of sp³-hybridized carbons (Fsp3) is 0.429. The number of Topliss-reactive ketones (excluding diaryl/α,β-unsaturated/α-hetero) is 1. The Kier molecular flexibility index (Phi) is 5.01. The van der Waals surface area contributed by atoms with Gasteiger partial charge in [0.25, 0.3) is 5.91 Å². The van der Waals surface area contributed by atoms with Crippen molar-refractivity contribution in [3.05, 3.63) is 35.1 Å². The van der Waals surface area contributed by atoms with Crippen molar-refractivity contribution in [3.8, 4) is 0 Å². The quantitative estimate of drug-likeness (QED) is 0.596. The molecule has 0 heterocycles. The number of carbonyl (C=O) groups excluding carboxylic acids is 2. The monoisotopic (exact) mass is 251 g/mol. The number of rotatable bonds is 5. The van der Waals surface area contributed by atoms with Crippen LogP contribution in [0.25, 0.3) is 0 Å². The van der Waals surface area contributed by atoms with Crippen molar-refractivity contribution in [1.29, 1.82) is 0 Å². The van der Waals surface area contributed by atoms with Crippen LogP contribution in [-0.4, -0.2) is 30.2 Å². The molecule has 1 amide bonds. The largest absolute Gasteiger partial charge is 0.339 e. The minimum atomic E-state index is -0.586. The molecule has 3 nitrogen and oxygen atoms in total. The molecule has 0 aromatic heterocycles. The first-order chi connectivity index (χ1) is 8.47. The van der Waals surface area contributed by atoms with Crippen LogP contribution in [0.3, 0.4) is 0 Å². The van der Waals surface area contributed by atoms with Crippen LogP contribution >= 0.6 is 0 Å². The highest BCUT2D eigenvalue weighted by atomic mass is 19.1. The third-order valence-corrected chi connectivity index (χ3v) is 2.81. The Morgan fingerprint density at radius 2 is 2.00 bits per heavy atom. The van der Waals surface area contributed by atoms with Crippen LogP contribution in [0.1, 0.15) is 35.7 Å². The molecular weight excluding hydrogens is 233 g/mol. The van der Waals surface area contributed by atoms with Gasteiger partial charge >= 0.3 is 0 Å². The Balaban J connectivity index is 2.80. The molecule has 1 rings (SSSR count).